The topological polar surface area (TPSA) is 21.3 Å². The van der Waals surface area contributed by atoms with E-state index in [4.69, 9.17) is 4.74 Å². The van der Waals surface area contributed by atoms with Crippen molar-refractivity contribution in [1.82, 2.24) is 5.32 Å². The quantitative estimate of drug-likeness (QED) is 0.889. The van der Waals surface area contributed by atoms with E-state index in [1.165, 1.54) is 36.8 Å². The Morgan fingerprint density at radius 2 is 1.89 bits per heavy atom. The van der Waals surface area contributed by atoms with Crippen LogP contribution in [-0.2, 0) is 13.1 Å². The average molecular weight is 259 g/mol. The van der Waals surface area contributed by atoms with Crippen LogP contribution in [-0.4, -0.2) is 6.61 Å². The number of fused-ring (bicyclic) bond motifs is 1. The third-order valence-corrected chi connectivity index (χ3v) is 4.75. The maximum atomic E-state index is 6.01. The van der Waals surface area contributed by atoms with E-state index in [9.17, 15) is 0 Å². The molecule has 1 saturated carbocycles. The van der Waals surface area contributed by atoms with Gasteiger partial charge < -0.3 is 10.1 Å². The highest BCUT2D eigenvalue weighted by molar-refractivity contribution is 5.37. The third kappa shape index (κ3) is 3.11. The highest BCUT2D eigenvalue weighted by Gasteiger charge is 2.27. The standard InChI is InChI=1S/C17H25NO/c1-17(2)7-5-13(6-8-17)12-19-16-4-3-14-10-18-11-15(14)9-16/h3-4,9,13,18H,5-8,10-12H2,1-2H3. The summed E-state index contributed by atoms with van der Waals surface area (Å²) in [5, 5.41) is 3.37. The number of rotatable bonds is 3. The molecule has 0 aromatic heterocycles. The molecule has 3 rings (SSSR count). The van der Waals surface area contributed by atoms with Crippen LogP contribution in [0.25, 0.3) is 0 Å². The van der Waals surface area contributed by atoms with Crippen LogP contribution in [0.3, 0.4) is 0 Å². The van der Waals surface area contributed by atoms with Gasteiger partial charge in [-0.3, -0.25) is 0 Å². The maximum Gasteiger partial charge on any atom is 0.119 e. The summed E-state index contributed by atoms with van der Waals surface area (Å²) in [6.45, 7) is 7.66. The van der Waals surface area contributed by atoms with Gasteiger partial charge in [-0.05, 0) is 60.3 Å². The van der Waals surface area contributed by atoms with Crippen molar-refractivity contribution in [2.24, 2.45) is 11.3 Å². The summed E-state index contributed by atoms with van der Waals surface area (Å²) in [7, 11) is 0. The van der Waals surface area contributed by atoms with Crippen molar-refractivity contribution in [1.29, 1.82) is 0 Å². The summed E-state index contributed by atoms with van der Waals surface area (Å²) >= 11 is 0. The van der Waals surface area contributed by atoms with Crippen LogP contribution in [0, 0.1) is 11.3 Å². The zero-order chi connectivity index (χ0) is 13.3. The minimum atomic E-state index is 0.551. The molecular formula is C17H25NO. The van der Waals surface area contributed by atoms with Crippen molar-refractivity contribution in [3.8, 4) is 5.75 Å². The van der Waals surface area contributed by atoms with E-state index in [1.807, 2.05) is 0 Å². The van der Waals surface area contributed by atoms with E-state index in [0.717, 1.165) is 31.4 Å². The molecule has 2 heteroatoms. The van der Waals surface area contributed by atoms with Gasteiger partial charge in [0.1, 0.15) is 5.75 Å². The Morgan fingerprint density at radius 3 is 2.68 bits per heavy atom. The minimum Gasteiger partial charge on any atom is -0.493 e. The highest BCUT2D eigenvalue weighted by Crippen LogP contribution is 2.38. The van der Waals surface area contributed by atoms with Gasteiger partial charge in [-0.1, -0.05) is 19.9 Å². The molecule has 0 radical (unpaired) electrons. The Kier molecular flexibility index (Phi) is 3.53. The van der Waals surface area contributed by atoms with E-state index >= 15 is 0 Å². The van der Waals surface area contributed by atoms with Crippen LogP contribution >= 0.6 is 0 Å². The van der Waals surface area contributed by atoms with Gasteiger partial charge in [0.25, 0.3) is 0 Å². The maximum absolute atomic E-state index is 6.01. The Labute approximate surface area is 116 Å². The molecule has 0 bridgehead atoms. The van der Waals surface area contributed by atoms with Crippen LogP contribution in [0.2, 0.25) is 0 Å². The fraction of sp³-hybridized carbons (Fsp3) is 0.647. The molecule has 2 aliphatic rings. The highest BCUT2D eigenvalue weighted by atomic mass is 16.5. The van der Waals surface area contributed by atoms with E-state index < -0.39 is 0 Å². The molecule has 1 aliphatic carbocycles. The Balaban J connectivity index is 1.53. The number of benzene rings is 1. The van der Waals surface area contributed by atoms with Gasteiger partial charge in [0.15, 0.2) is 0 Å². The monoisotopic (exact) mass is 259 g/mol. The van der Waals surface area contributed by atoms with Gasteiger partial charge in [-0.15, -0.1) is 0 Å². The lowest BCUT2D eigenvalue weighted by molar-refractivity contribution is 0.142. The van der Waals surface area contributed by atoms with Crippen molar-refractivity contribution < 1.29 is 4.74 Å². The Hall–Kier alpha value is -1.02. The van der Waals surface area contributed by atoms with E-state index in [0.29, 0.717) is 5.41 Å². The van der Waals surface area contributed by atoms with Crippen LogP contribution in [0.5, 0.6) is 5.75 Å². The van der Waals surface area contributed by atoms with Crippen molar-refractivity contribution in [3.05, 3.63) is 29.3 Å². The summed E-state index contributed by atoms with van der Waals surface area (Å²) < 4.78 is 6.01. The van der Waals surface area contributed by atoms with Crippen molar-refractivity contribution >= 4 is 0 Å². The molecule has 0 unspecified atom stereocenters. The van der Waals surface area contributed by atoms with Gasteiger partial charge in [-0.2, -0.15) is 0 Å². The zero-order valence-electron chi connectivity index (χ0n) is 12.2. The van der Waals surface area contributed by atoms with E-state index in [2.05, 4.69) is 37.4 Å². The number of ether oxygens (including phenoxy) is 1. The predicted octanol–water partition coefficient (Wildman–Crippen LogP) is 3.89. The normalized spacial score (nSPS) is 22.2. The molecule has 0 amide bonds. The summed E-state index contributed by atoms with van der Waals surface area (Å²) in [6, 6.07) is 6.54. The minimum absolute atomic E-state index is 0.551. The average Bonchev–Trinajstić information content (AvgIpc) is 2.85. The summed E-state index contributed by atoms with van der Waals surface area (Å²) in [5.41, 5.74) is 3.38. The second kappa shape index (κ2) is 5.16. The van der Waals surface area contributed by atoms with Gasteiger partial charge >= 0.3 is 0 Å². The van der Waals surface area contributed by atoms with E-state index in [-0.39, 0.29) is 0 Å². The molecule has 2 nitrogen and oxygen atoms in total. The van der Waals surface area contributed by atoms with Gasteiger partial charge in [-0.25, -0.2) is 0 Å². The van der Waals surface area contributed by atoms with Crippen LogP contribution in [0.15, 0.2) is 18.2 Å². The first kappa shape index (κ1) is 13.0. The first-order valence-corrected chi connectivity index (χ1v) is 7.58. The van der Waals surface area contributed by atoms with Gasteiger partial charge in [0, 0.05) is 13.1 Å². The first-order chi connectivity index (χ1) is 9.12. The Morgan fingerprint density at radius 1 is 1.16 bits per heavy atom. The molecule has 1 aromatic rings. The molecule has 1 N–H and O–H groups in total. The second-order valence-electron chi connectivity index (χ2n) is 6.95. The number of hydrogen-bond acceptors (Lipinski definition) is 2. The summed E-state index contributed by atoms with van der Waals surface area (Å²) in [6.07, 6.45) is 5.32. The lowest BCUT2D eigenvalue weighted by atomic mass is 9.73. The molecular weight excluding hydrogens is 234 g/mol. The molecule has 19 heavy (non-hydrogen) atoms. The van der Waals surface area contributed by atoms with E-state index in [1.54, 1.807) is 0 Å². The SMILES string of the molecule is CC1(C)CCC(COc2ccc3c(c2)CNC3)CC1. The summed E-state index contributed by atoms with van der Waals surface area (Å²) in [4.78, 5) is 0. The number of nitrogens with one attached hydrogen (secondary N) is 1. The smallest absolute Gasteiger partial charge is 0.119 e. The molecule has 0 atom stereocenters. The van der Waals surface area contributed by atoms with Crippen molar-refractivity contribution in [2.45, 2.75) is 52.6 Å². The fourth-order valence-corrected chi connectivity index (χ4v) is 3.20. The molecule has 1 fully saturated rings. The molecule has 0 saturated heterocycles. The molecule has 104 valence electrons. The fourth-order valence-electron chi connectivity index (χ4n) is 3.20. The lowest BCUT2D eigenvalue weighted by Crippen LogP contribution is -2.24. The van der Waals surface area contributed by atoms with Crippen molar-refractivity contribution in [2.75, 3.05) is 6.61 Å². The van der Waals surface area contributed by atoms with Crippen LogP contribution in [0.4, 0.5) is 0 Å². The zero-order valence-corrected chi connectivity index (χ0v) is 12.2. The van der Waals surface area contributed by atoms with Gasteiger partial charge in [0.05, 0.1) is 6.61 Å². The van der Waals surface area contributed by atoms with Gasteiger partial charge in [0.2, 0.25) is 0 Å². The Bertz CT molecular complexity index is 443. The first-order valence-electron chi connectivity index (χ1n) is 7.58. The molecule has 1 aliphatic heterocycles. The number of hydrogen-bond donors (Lipinski definition) is 1. The largest absolute Gasteiger partial charge is 0.493 e. The van der Waals surface area contributed by atoms with Crippen molar-refractivity contribution in [3.63, 3.8) is 0 Å². The molecule has 0 spiro atoms. The molecule has 1 aromatic carbocycles. The predicted molar refractivity (Wildman–Crippen MR) is 78.2 cm³/mol. The second-order valence-corrected chi connectivity index (χ2v) is 6.95. The lowest BCUT2D eigenvalue weighted by Gasteiger charge is -2.34. The van der Waals surface area contributed by atoms with Crippen LogP contribution in [0.1, 0.15) is 50.7 Å². The third-order valence-electron chi connectivity index (χ3n) is 4.75. The molecule has 1 heterocycles. The van der Waals surface area contributed by atoms with Crippen LogP contribution < -0.4 is 10.1 Å². The summed E-state index contributed by atoms with van der Waals surface area (Å²) in [5.74, 6) is 1.80.